The van der Waals surface area contributed by atoms with E-state index in [1.165, 1.54) is 6.26 Å². The summed E-state index contributed by atoms with van der Waals surface area (Å²) in [5.74, 6) is 0.0486. The van der Waals surface area contributed by atoms with Gasteiger partial charge >= 0.3 is 0 Å². The molecular formula is C9H11ClO2S. The van der Waals surface area contributed by atoms with Gasteiger partial charge in [-0.15, -0.1) is 0 Å². The quantitative estimate of drug-likeness (QED) is 0.763. The maximum Gasteiger partial charge on any atom is 0.151 e. The third kappa shape index (κ3) is 3.36. The SMILES string of the molecule is Cc1ccc(CS(C)(=O)=O)cc1Cl. The van der Waals surface area contributed by atoms with E-state index in [1.807, 2.05) is 13.0 Å². The summed E-state index contributed by atoms with van der Waals surface area (Å²) < 4.78 is 21.9. The third-order valence-electron chi connectivity index (χ3n) is 1.67. The number of sulfone groups is 1. The average molecular weight is 219 g/mol. The summed E-state index contributed by atoms with van der Waals surface area (Å²) in [6.07, 6.45) is 1.21. The molecule has 0 atom stereocenters. The number of aryl methyl sites for hydroxylation is 1. The molecule has 0 aliphatic rings. The lowest BCUT2D eigenvalue weighted by atomic mass is 10.2. The Morgan fingerprint density at radius 1 is 1.38 bits per heavy atom. The van der Waals surface area contributed by atoms with Crippen LogP contribution < -0.4 is 0 Å². The highest BCUT2D eigenvalue weighted by Gasteiger charge is 2.05. The van der Waals surface area contributed by atoms with Crippen molar-refractivity contribution in [2.24, 2.45) is 0 Å². The highest BCUT2D eigenvalue weighted by atomic mass is 35.5. The molecule has 0 radical (unpaired) electrons. The summed E-state index contributed by atoms with van der Waals surface area (Å²) in [6.45, 7) is 1.88. The van der Waals surface area contributed by atoms with Crippen LogP contribution in [0.2, 0.25) is 5.02 Å². The van der Waals surface area contributed by atoms with E-state index in [-0.39, 0.29) is 5.75 Å². The van der Waals surface area contributed by atoms with Crippen LogP contribution in [0.25, 0.3) is 0 Å². The van der Waals surface area contributed by atoms with Crippen LogP contribution in [-0.2, 0) is 15.6 Å². The van der Waals surface area contributed by atoms with Crippen molar-refractivity contribution in [2.75, 3.05) is 6.26 Å². The summed E-state index contributed by atoms with van der Waals surface area (Å²) in [7, 11) is -2.97. The summed E-state index contributed by atoms with van der Waals surface area (Å²) in [6, 6.07) is 5.29. The van der Waals surface area contributed by atoms with E-state index >= 15 is 0 Å². The van der Waals surface area contributed by atoms with Crippen molar-refractivity contribution < 1.29 is 8.42 Å². The highest BCUT2D eigenvalue weighted by Crippen LogP contribution is 2.17. The molecule has 0 saturated carbocycles. The second-order valence-corrected chi connectivity index (χ2v) is 5.70. The molecule has 13 heavy (non-hydrogen) atoms. The van der Waals surface area contributed by atoms with E-state index in [1.54, 1.807) is 12.1 Å². The topological polar surface area (TPSA) is 34.1 Å². The molecule has 0 N–H and O–H groups in total. The van der Waals surface area contributed by atoms with Gasteiger partial charge in [0.15, 0.2) is 9.84 Å². The molecule has 0 fully saturated rings. The minimum atomic E-state index is -2.97. The van der Waals surface area contributed by atoms with Crippen LogP contribution in [0.5, 0.6) is 0 Å². The Labute approximate surface area is 83.5 Å². The zero-order valence-corrected chi connectivity index (χ0v) is 9.11. The van der Waals surface area contributed by atoms with Gasteiger partial charge in [-0.25, -0.2) is 8.42 Å². The first-order valence-electron chi connectivity index (χ1n) is 3.81. The highest BCUT2D eigenvalue weighted by molar-refractivity contribution is 7.89. The summed E-state index contributed by atoms with van der Waals surface area (Å²) >= 11 is 5.85. The van der Waals surface area contributed by atoms with Crippen molar-refractivity contribution in [3.8, 4) is 0 Å². The molecule has 0 amide bonds. The van der Waals surface area contributed by atoms with Gasteiger partial charge < -0.3 is 0 Å². The van der Waals surface area contributed by atoms with Gasteiger partial charge in [-0.1, -0.05) is 23.7 Å². The van der Waals surface area contributed by atoms with Crippen molar-refractivity contribution in [3.63, 3.8) is 0 Å². The lowest BCUT2D eigenvalue weighted by Gasteiger charge is -2.02. The van der Waals surface area contributed by atoms with E-state index in [0.717, 1.165) is 11.1 Å². The Hall–Kier alpha value is -0.540. The lowest BCUT2D eigenvalue weighted by Crippen LogP contribution is -2.00. The van der Waals surface area contributed by atoms with Gasteiger partial charge in [-0.05, 0) is 24.1 Å². The number of hydrogen-bond donors (Lipinski definition) is 0. The monoisotopic (exact) mass is 218 g/mol. The molecule has 0 bridgehead atoms. The summed E-state index contributed by atoms with van der Waals surface area (Å²) in [5.41, 5.74) is 1.69. The van der Waals surface area contributed by atoms with Crippen molar-refractivity contribution in [1.29, 1.82) is 0 Å². The molecule has 0 spiro atoms. The molecule has 0 unspecified atom stereocenters. The number of hydrogen-bond acceptors (Lipinski definition) is 2. The number of rotatable bonds is 2. The van der Waals surface area contributed by atoms with Crippen molar-refractivity contribution in [1.82, 2.24) is 0 Å². The van der Waals surface area contributed by atoms with Gasteiger partial charge in [0.25, 0.3) is 0 Å². The second kappa shape index (κ2) is 3.68. The van der Waals surface area contributed by atoms with E-state index < -0.39 is 9.84 Å². The van der Waals surface area contributed by atoms with Gasteiger partial charge in [0, 0.05) is 11.3 Å². The fraction of sp³-hybridized carbons (Fsp3) is 0.333. The van der Waals surface area contributed by atoms with Crippen molar-refractivity contribution >= 4 is 21.4 Å². The van der Waals surface area contributed by atoms with Crippen LogP contribution in [0.4, 0.5) is 0 Å². The van der Waals surface area contributed by atoms with Crippen LogP contribution in [-0.4, -0.2) is 14.7 Å². The molecule has 1 rings (SSSR count). The van der Waals surface area contributed by atoms with Crippen LogP contribution in [0.3, 0.4) is 0 Å². The van der Waals surface area contributed by atoms with E-state index in [0.29, 0.717) is 5.02 Å². The smallest absolute Gasteiger partial charge is 0.151 e. The van der Waals surface area contributed by atoms with Crippen LogP contribution in [0.1, 0.15) is 11.1 Å². The Morgan fingerprint density at radius 2 is 2.00 bits per heavy atom. The minimum Gasteiger partial charge on any atom is -0.229 e. The van der Waals surface area contributed by atoms with Crippen molar-refractivity contribution in [3.05, 3.63) is 34.3 Å². The maximum atomic E-state index is 11.0. The van der Waals surface area contributed by atoms with E-state index in [9.17, 15) is 8.42 Å². The van der Waals surface area contributed by atoms with Gasteiger partial charge in [-0.2, -0.15) is 0 Å². The van der Waals surface area contributed by atoms with Gasteiger partial charge in [0.05, 0.1) is 5.75 Å². The lowest BCUT2D eigenvalue weighted by molar-refractivity contribution is 0.601. The minimum absolute atomic E-state index is 0.0486. The van der Waals surface area contributed by atoms with Gasteiger partial charge in [0.2, 0.25) is 0 Å². The Morgan fingerprint density at radius 3 is 2.46 bits per heavy atom. The molecule has 0 saturated heterocycles. The fourth-order valence-corrected chi connectivity index (χ4v) is 2.02. The van der Waals surface area contributed by atoms with Gasteiger partial charge in [0.1, 0.15) is 0 Å². The molecule has 0 heterocycles. The first-order chi connectivity index (χ1) is 5.88. The molecular weight excluding hydrogens is 208 g/mol. The molecule has 72 valence electrons. The third-order valence-corrected chi connectivity index (χ3v) is 2.93. The maximum absolute atomic E-state index is 11.0. The molecule has 0 aromatic heterocycles. The van der Waals surface area contributed by atoms with Crippen LogP contribution >= 0.6 is 11.6 Å². The normalized spacial score (nSPS) is 11.6. The first kappa shape index (κ1) is 10.5. The van der Waals surface area contributed by atoms with Crippen LogP contribution in [0.15, 0.2) is 18.2 Å². The predicted octanol–water partition coefficient (Wildman–Crippen LogP) is 2.19. The Balaban J connectivity index is 2.99. The molecule has 0 aliphatic carbocycles. The molecule has 4 heteroatoms. The molecule has 0 aliphatic heterocycles. The fourth-order valence-electron chi connectivity index (χ4n) is 1.03. The Bertz CT molecular complexity index is 410. The van der Waals surface area contributed by atoms with Gasteiger partial charge in [-0.3, -0.25) is 0 Å². The van der Waals surface area contributed by atoms with E-state index in [2.05, 4.69) is 0 Å². The largest absolute Gasteiger partial charge is 0.229 e. The zero-order chi connectivity index (χ0) is 10.1. The Kier molecular flexibility index (Phi) is 2.98. The van der Waals surface area contributed by atoms with Crippen LogP contribution in [0, 0.1) is 6.92 Å². The average Bonchev–Trinajstić information content (AvgIpc) is 1.94. The second-order valence-electron chi connectivity index (χ2n) is 3.15. The number of halogens is 1. The van der Waals surface area contributed by atoms with Crippen molar-refractivity contribution in [2.45, 2.75) is 12.7 Å². The molecule has 1 aromatic rings. The molecule has 1 aromatic carbocycles. The zero-order valence-electron chi connectivity index (χ0n) is 7.54. The summed E-state index contributed by atoms with van der Waals surface area (Å²) in [5, 5.41) is 0.612. The summed E-state index contributed by atoms with van der Waals surface area (Å²) in [4.78, 5) is 0. The standard InChI is InChI=1S/C9H11ClO2S/c1-7-3-4-8(5-9(7)10)6-13(2,11)12/h3-5H,6H2,1-2H3. The predicted molar refractivity (Wildman–Crippen MR) is 54.7 cm³/mol. The van der Waals surface area contributed by atoms with E-state index in [4.69, 9.17) is 11.6 Å². The molecule has 2 nitrogen and oxygen atoms in total. The first-order valence-corrected chi connectivity index (χ1v) is 6.25. The number of benzene rings is 1.